The summed E-state index contributed by atoms with van der Waals surface area (Å²) in [5.41, 5.74) is 13.3. The van der Waals surface area contributed by atoms with Gasteiger partial charge in [0, 0.05) is 48.4 Å². The number of benzene rings is 7. The standard InChI is InChI=1S/C46H31NS2/c1-2-8-32(9-3-1)33-14-16-34(17-15-33)35-18-24-38(25-19-35)47(39-26-20-36(21-27-39)43-30-48-45-12-6-4-10-41(43)45)40-28-22-37(23-29-40)44-31-49-46-13-7-5-11-42(44)46/h1-31H. The van der Waals surface area contributed by atoms with Gasteiger partial charge < -0.3 is 4.90 Å². The third-order valence-corrected chi connectivity index (χ3v) is 11.2. The smallest absolute Gasteiger partial charge is 0.0462 e. The minimum Gasteiger partial charge on any atom is -0.311 e. The van der Waals surface area contributed by atoms with E-state index in [2.05, 4.69) is 192 Å². The number of rotatable bonds is 7. The number of thiophene rings is 2. The van der Waals surface area contributed by atoms with Gasteiger partial charge in [0.1, 0.15) is 0 Å². The van der Waals surface area contributed by atoms with Gasteiger partial charge in [0.25, 0.3) is 0 Å². The average molecular weight is 662 g/mol. The molecule has 3 heteroatoms. The second-order valence-electron chi connectivity index (χ2n) is 12.2. The van der Waals surface area contributed by atoms with Crippen molar-refractivity contribution in [1.82, 2.24) is 0 Å². The van der Waals surface area contributed by atoms with Crippen LogP contribution < -0.4 is 4.90 Å². The molecule has 0 aliphatic heterocycles. The van der Waals surface area contributed by atoms with Crippen molar-refractivity contribution in [3.8, 4) is 44.5 Å². The molecule has 0 N–H and O–H groups in total. The molecule has 0 unspecified atom stereocenters. The lowest BCUT2D eigenvalue weighted by molar-refractivity contribution is 1.28. The van der Waals surface area contributed by atoms with E-state index in [0.717, 1.165) is 17.1 Å². The first-order chi connectivity index (χ1) is 24.3. The van der Waals surface area contributed by atoms with Gasteiger partial charge in [-0.05, 0) is 92.7 Å². The van der Waals surface area contributed by atoms with Gasteiger partial charge in [0.2, 0.25) is 0 Å². The summed E-state index contributed by atoms with van der Waals surface area (Å²) in [6.45, 7) is 0. The van der Waals surface area contributed by atoms with Gasteiger partial charge in [-0.3, -0.25) is 0 Å². The van der Waals surface area contributed by atoms with Crippen molar-refractivity contribution in [2.24, 2.45) is 0 Å². The molecule has 232 valence electrons. The van der Waals surface area contributed by atoms with Gasteiger partial charge in [-0.15, -0.1) is 22.7 Å². The Kier molecular flexibility index (Phi) is 7.62. The predicted molar refractivity (Wildman–Crippen MR) is 214 cm³/mol. The zero-order valence-electron chi connectivity index (χ0n) is 26.7. The molecule has 0 amide bonds. The van der Waals surface area contributed by atoms with Crippen molar-refractivity contribution in [3.63, 3.8) is 0 Å². The van der Waals surface area contributed by atoms with Crippen LogP contribution in [0.4, 0.5) is 17.1 Å². The monoisotopic (exact) mass is 661 g/mol. The van der Waals surface area contributed by atoms with Crippen LogP contribution in [0.15, 0.2) is 187 Å². The van der Waals surface area contributed by atoms with E-state index < -0.39 is 0 Å². The highest BCUT2D eigenvalue weighted by atomic mass is 32.1. The molecule has 0 aliphatic rings. The van der Waals surface area contributed by atoms with Crippen LogP contribution in [0, 0.1) is 0 Å². The van der Waals surface area contributed by atoms with E-state index in [1.807, 2.05) is 0 Å². The van der Waals surface area contributed by atoms with Gasteiger partial charge in [-0.2, -0.15) is 0 Å². The van der Waals surface area contributed by atoms with Crippen molar-refractivity contribution in [3.05, 3.63) is 187 Å². The van der Waals surface area contributed by atoms with Gasteiger partial charge in [0.15, 0.2) is 0 Å². The fourth-order valence-corrected chi connectivity index (χ4v) is 8.66. The first-order valence-electron chi connectivity index (χ1n) is 16.5. The van der Waals surface area contributed by atoms with E-state index in [9.17, 15) is 0 Å². The Morgan fingerprint density at radius 1 is 0.286 bits per heavy atom. The van der Waals surface area contributed by atoms with Crippen molar-refractivity contribution in [2.45, 2.75) is 0 Å². The summed E-state index contributed by atoms with van der Waals surface area (Å²) in [5, 5.41) is 7.16. The van der Waals surface area contributed by atoms with Gasteiger partial charge in [-0.25, -0.2) is 0 Å². The molecule has 0 atom stereocenters. The highest BCUT2D eigenvalue weighted by Gasteiger charge is 2.15. The SMILES string of the molecule is c1ccc(-c2ccc(-c3ccc(N(c4ccc(-c5csc6ccccc56)cc4)c4ccc(-c5csc6ccccc56)cc4)cc3)cc2)cc1. The average Bonchev–Trinajstić information content (AvgIpc) is 3.82. The van der Waals surface area contributed by atoms with E-state index in [-0.39, 0.29) is 0 Å². The third-order valence-electron chi connectivity index (χ3n) is 9.29. The molecule has 0 bridgehead atoms. The maximum Gasteiger partial charge on any atom is 0.0462 e. The molecule has 0 fully saturated rings. The normalized spacial score (nSPS) is 11.3. The summed E-state index contributed by atoms with van der Waals surface area (Å²) in [6, 6.07) is 63.7. The summed E-state index contributed by atoms with van der Waals surface area (Å²) in [4.78, 5) is 2.35. The molecule has 1 nitrogen and oxygen atoms in total. The maximum atomic E-state index is 2.35. The summed E-state index contributed by atoms with van der Waals surface area (Å²) < 4.78 is 2.63. The molecule has 0 radical (unpaired) electrons. The van der Waals surface area contributed by atoms with Crippen molar-refractivity contribution < 1.29 is 0 Å². The van der Waals surface area contributed by atoms with Crippen LogP contribution in [-0.4, -0.2) is 0 Å². The second-order valence-corrected chi connectivity index (χ2v) is 14.0. The van der Waals surface area contributed by atoms with Gasteiger partial charge in [0.05, 0.1) is 0 Å². The number of hydrogen-bond donors (Lipinski definition) is 0. The molecule has 7 aromatic carbocycles. The molecule has 2 aromatic heterocycles. The quantitative estimate of drug-likeness (QED) is 0.164. The number of nitrogens with zero attached hydrogens (tertiary/aromatic N) is 1. The molecule has 49 heavy (non-hydrogen) atoms. The third kappa shape index (κ3) is 5.63. The molecule has 0 aliphatic carbocycles. The largest absolute Gasteiger partial charge is 0.311 e. The van der Waals surface area contributed by atoms with Gasteiger partial charge in [-0.1, -0.05) is 127 Å². The number of hydrogen-bond acceptors (Lipinski definition) is 3. The first-order valence-corrected chi connectivity index (χ1v) is 18.2. The molecule has 0 saturated carbocycles. The van der Waals surface area contributed by atoms with E-state index in [0.29, 0.717) is 0 Å². The van der Waals surface area contributed by atoms with Crippen molar-refractivity contribution in [2.75, 3.05) is 4.90 Å². The van der Waals surface area contributed by atoms with Crippen LogP contribution in [0.25, 0.3) is 64.7 Å². The van der Waals surface area contributed by atoms with E-state index in [1.54, 1.807) is 22.7 Å². The summed E-state index contributed by atoms with van der Waals surface area (Å²) in [6.07, 6.45) is 0. The van der Waals surface area contributed by atoms with Crippen LogP contribution in [0.5, 0.6) is 0 Å². The minimum atomic E-state index is 1.12. The highest BCUT2D eigenvalue weighted by Crippen LogP contribution is 2.41. The molecule has 9 rings (SSSR count). The predicted octanol–water partition coefficient (Wildman–Crippen LogP) is 14.3. The Hall–Kier alpha value is -5.74. The molecule has 0 spiro atoms. The lowest BCUT2D eigenvalue weighted by Gasteiger charge is -2.26. The Labute approximate surface area is 294 Å². The van der Waals surface area contributed by atoms with Crippen LogP contribution in [0.2, 0.25) is 0 Å². The minimum absolute atomic E-state index is 1.12. The van der Waals surface area contributed by atoms with Crippen LogP contribution in [0.1, 0.15) is 0 Å². The molecular formula is C46H31NS2. The van der Waals surface area contributed by atoms with Crippen molar-refractivity contribution >= 4 is 59.9 Å². The zero-order valence-corrected chi connectivity index (χ0v) is 28.3. The Balaban J connectivity index is 1.07. The van der Waals surface area contributed by atoms with Crippen LogP contribution in [-0.2, 0) is 0 Å². The fourth-order valence-electron chi connectivity index (χ4n) is 6.72. The van der Waals surface area contributed by atoms with E-state index >= 15 is 0 Å². The van der Waals surface area contributed by atoms with Crippen LogP contribution in [0.3, 0.4) is 0 Å². The Morgan fingerprint density at radius 2 is 0.612 bits per heavy atom. The fraction of sp³-hybridized carbons (Fsp3) is 0. The lowest BCUT2D eigenvalue weighted by atomic mass is 10.00. The van der Waals surface area contributed by atoms with Gasteiger partial charge >= 0.3 is 0 Å². The zero-order chi connectivity index (χ0) is 32.6. The second kappa shape index (κ2) is 12.7. The molecule has 0 saturated heterocycles. The summed E-state index contributed by atoms with van der Waals surface area (Å²) in [5.74, 6) is 0. The maximum absolute atomic E-state index is 2.35. The Bertz CT molecular complexity index is 2390. The topological polar surface area (TPSA) is 3.24 Å². The first kappa shape index (κ1) is 29.4. The molecule has 2 heterocycles. The van der Waals surface area contributed by atoms with E-state index in [4.69, 9.17) is 0 Å². The van der Waals surface area contributed by atoms with Crippen molar-refractivity contribution in [1.29, 1.82) is 0 Å². The summed E-state index contributed by atoms with van der Waals surface area (Å²) in [7, 11) is 0. The molecular weight excluding hydrogens is 631 g/mol. The number of fused-ring (bicyclic) bond motifs is 2. The lowest BCUT2D eigenvalue weighted by Crippen LogP contribution is -2.09. The Morgan fingerprint density at radius 3 is 1.04 bits per heavy atom. The number of anilines is 3. The molecule has 9 aromatic rings. The summed E-state index contributed by atoms with van der Waals surface area (Å²) >= 11 is 3.61. The highest BCUT2D eigenvalue weighted by molar-refractivity contribution is 7.18. The van der Waals surface area contributed by atoms with Crippen LogP contribution >= 0.6 is 22.7 Å². The van der Waals surface area contributed by atoms with E-state index in [1.165, 1.54) is 64.7 Å².